The van der Waals surface area contributed by atoms with Gasteiger partial charge in [-0.2, -0.15) is 5.06 Å². The highest BCUT2D eigenvalue weighted by Gasteiger charge is 2.50. The number of amides is 1. The standard InChI is InChI=1S/C32H45N7O17S2/c1-32(44)16-53-30(26(41)28(32)34-2)55-27-19(33)13-17(14-23(27)40)37(31(42)43)56-29-20(36-58(51,52)25-10-6-4-8-22(25)39(47)48)12-11-18(54-29)15-35-57(49,50)24-9-5-3-7-21(24)38(45)46/h3-10,17-20,23,26-30,34-36,40-41,44H,11-16,33H2,1-2H3,(H,42,43)/t17?,18-,19+,20+,23+,26+,27-,28+,29+,30+,32-/m0/s1. The molecule has 2 aromatic carbocycles. The van der Waals surface area contributed by atoms with Crippen LogP contribution in [0.3, 0.4) is 0 Å². The van der Waals surface area contributed by atoms with Gasteiger partial charge in [0.2, 0.25) is 26.3 Å². The number of benzene rings is 2. The van der Waals surface area contributed by atoms with Crippen LogP contribution in [0.4, 0.5) is 16.2 Å². The minimum Gasteiger partial charge on any atom is -0.463 e. The Balaban J connectivity index is 1.36. The quantitative estimate of drug-likeness (QED) is 0.0773. The number of nitrogens with zero attached hydrogens (tertiary/aromatic N) is 3. The normalized spacial score (nSPS) is 32.0. The molecule has 58 heavy (non-hydrogen) atoms. The van der Waals surface area contributed by atoms with Gasteiger partial charge in [-0.25, -0.2) is 35.9 Å². The second-order valence-electron chi connectivity index (χ2n) is 14.2. The third-order valence-electron chi connectivity index (χ3n) is 9.99. The summed E-state index contributed by atoms with van der Waals surface area (Å²) in [6, 6.07) is 4.29. The second kappa shape index (κ2) is 18.1. The molecule has 2 aliphatic heterocycles. The van der Waals surface area contributed by atoms with E-state index in [0.717, 1.165) is 24.3 Å². The molecule has 9 N–H and O–H groups in total. The predicted molar refractivity (Wildman–Crippen MR) is 195 cm³/mol. The van der Waals surface area contributed by atoms with E-state index in [4.69, 9.17) is 24.8 Å². The number of rotatable bonds is 15. The van der Waals surface area contributed by atoms with E-state index in [-0.39, 0.29) is 32.3 Å². The number of sulfonamides is 2. The minimum atomic E-state index is -4.73. The first-order valence-electron chi connectivity index (χ1n) is 17.8. The molecule has 322 valence electrons. The summed E-state index contributed by atoms with van der Waals surface area (Å²) in [7, 11) is -7.75. The van der Waals surface area contributed by atoms with Crippen molar-refractivity contribution in [2.45, 2.75) is 109 Å². The van der Waals surface area contributed by atoms with Gasteiger partial charge in [-0.15, -0.1) is 0 Å². The lowest BCUT2D eigenvalue weighted by Crippen LogP contribution is -2.67. The van der Waals surface area contributed by atoms with Crippen LogP contribution in [0.2, 0.25) is 0 Å². The van der Waals surface area contributed by atoms with Crippen LogP contribution in [0.15, 0.2) is 58.3 Å². The smallest absolute Gasteiger partial charge is 0.431 e. The van der Waals surface area contributed by atoms with E-state index in [1.54, 1.807) is 0 Å². The summed E-state index contributed by atoms with van der Waals surface area (Å²) in [4.78, 5) is 38.5. The highest BCUT2D eigenvalue weighted by molar-refractivity contribution is 7.90. The number of nitro groups is 2. The molecule has 2 saturated heterocycles. The van der Waals surface area contributed by atoms with Crippen LogP contribution in [-0.2, 0) is 39.1 Å². The van der Waals surface area contributed by atoms with Gasteiger partial charge in [0, 0.05) is 24.7 Å². The number of para-hydroxylation sites is 2. The second-order valence-corrected chi connectivity index (χ2v) is 17.6. The first-order chi connectivity index (χ1) is 27.2. The molecule has 1 amide bonds. The number of hydrogen-bond donors (Lipinski definition) is 8. The van der Waals surface area contributed by atoms with Crippen molar-refractivity contribution < 1.29 is 71.0 Å². The van der Waals surface area contributed by atoms with E-state index < -0.39 is 130 Å². The lowest BCUT2D eigenvalue weighted by atomic mass is 9.86. The zero-order valence-electron chi connectivity index (χ0n) is 31.0. The van der Waals surface area contributed by atoms with E-state index in [2.05, 4.69) is 14.8 Å². The van der Waals surface area contributed by atoms with Gasteiger partial charge < -0.3 is 45.7 Å². The number of hydroxylamine groups is 2. The Bertz CT molecular complexity index is 2030. The van der Waals surface area contributed by atoms with Crippen molar-refractivity contribution in [2.24, 2.45) is 5.73 Å². The summed E-state index contributed by atoms with van der Waals surface area (Å²) in [5, 5.41) is 69.2. The van der Waals surface area contributed by atoms with Crippen LogP contribution in [0.25, 0.3) is 0 Å². The van der Waals surface area contributed by atoms with Crippen LogP contribution < -0.4 is 20.5 Å². The fourth-order valence-electron chi connectivity index (χ4n) is 7.18. The van der Waals surface area contributed by atoms with Crippen LogP contribution >= 0.6 is 0 Å². The number of nitrogens with one attached hydrogen (secondary N) is 3. The average Bonchev–Trinajstić information content (AvgIpc) is 3.15. The summed E-state index contributed by atoms with van der Waals surface area (Å²) in [6.07, 6.45) is -11.1. The van der Waals surface area contributed by atoms with Crippen molar-refractivity contribution in [3.05, 3.63) is 68.8 Å². The topological polar surface area (TPSA) is 355 Å². The fourth-order valence-corrected chi connectivity index (χ4v) is 9.84. The van der Waals surface area contributed by atoms with Crippen molar-refractivity contribution in [1.82, 2.24) is 19.8 Å². The van der Waals surface area contributed by atoms with Gasteiger partial charge >= 0.3 is 6.09 Å². The minimum absolute atomic E-state index is 0.0959. The average molecular weight is 864 g/mol. The van der Waals surface area contributed by atoms with Gasteiger partial charge in [0.05, 0.1) is 46.8 Å². The molecule has 0 spiro atoms. The Morgan fingerprint density at radius 2 is 1.57 bits per heavy atom. The molecule has 3 fully saturated rings. The van der Waals surface area contributed by atoms with Crippen molar-refractivity contribution in [2.75, 3.05) is 20.2 Å². The van der Waals surface area contributed by atoms with Gasteiger partial charge in [0.15, 0.2) is 16.1 Å². The number of aliphatic hydroxyl groups is 3. The van der Waals surface area contributed by atoms with Gasteiger partial charge in [-0.05, 0) is 51.8 Å². The molecule has 1 unspecified atom stereocenters. The Labute approximate surface area is 331 Å². The lowest BCUT2D eigenvalue weighted by molar-refractivity contribution is -0.388. The number of nitro benzene ring substituents is 2. The first kappa shape index (κ1) is 45.1. The number of carbonyl (C=O) groups is 1. The third-order valence-corrected chi connectivity index (χ3v) is 13.0. The van der Waals surface area contributed by atoms with Crippen molar-refractivity contribution in [1.29, 1.82) is 0 Å². The maximum atomic E-state index is 13.5. The molecular formula is C32H45N7O17S2. The van der Waals surface area contributed by atoms with E-state index in [0.29, 0.717) is 5.06 Å². The van der Waals surface area contributed by atoms with Crippen LogP contribution in [0.5, 0.6) is 0 Å². The summed E-state index contributed by atoms with van der Waals surface area (Å²) in [5.74, 6) is 0. The SMILES string of the molecule is CN[C@@H]1[C@@H](O)[C@@H](O[C@H]2[C@H](N)CC(N(O[C@H]3O[C@H](CNS(=O)(=O)c4ccccc4[N+](=O)[O-])CC[C@H]3NS(=O)(=O)c3ccccc3[N+](=O)[O-])C(=O)O)C[C@H]2O)OC[C@]1(C)O. The molecule has 1 aliphatic carbocycles. The van der Waals surface area contributed by atoms with Crippen molar-refractivity contribution >= 4 is 37.5 Å². The Morgan fingerprint density at radius 1 is 0.983 bits per heavy atom. The first-order valence-corrected chi connectivity index (χ1v) is 20.7. The number of aliphatic hydroxyl groups excluding tert-OH is 2. The van der Waals surface area contributed by atoms with E-state index in [9.17, 15) is 62.3 Å². The van der Waals surface area contributed by atoms with Gasteiger partial charge in [-0.1, -0.05) is 24.3 Å². The molecule has 0 bridgehead atoms. The zero-order valence-corrected chi connectivity index (χ0v) is 32.6. The number of hydrogen-bond acceptors (Lipinski definition) is 18. The lowest BCUT2D eigenvalue weighted by Gasteiger charge is -2.47. The van der Waals surface area contributed by atoms with Crippen LogP contribution in [0, 0.1) is 20.2 Å². The Hall–Kier alpha value is -4.03. The highest BCUT2D eigenvalue weighted by atomic mass is 32.2. The van der Waals surface area contributed by atoms with Gasteiger partial charge in [-0.3, -0.25) is 20.2 Å². The molecule has 0 radical (unpaired) electrons. The monoisotopic (exact) mass is 863 g/mol. The fraction of sp³-hybridized carbons (Fsp3) is 0.594. The highest BCUT2D eigenvalue weighted by Crippen LogP contribution is 2.33. The zero-order chi connectivity index (χ0) is 42.7. The maximum Gasteiger partial charge on any atom is 0.431 e. The summed E-state index contributed by atoms with van der Waals surface area (Å²) >= 11 is 0. The Kier molecular flexibility index (Phi) is 14.0. The van der Waals surface area contributed by atoms with E-state index in [1.165, 1.54) is 38.2 Å². The van der Waals surface area contributed by atoms with Gasteiger partial charge in [0.1, 0.15) is 17.8 Å². The molecule has 24 nitrogen and oxygen atoms in total. The number of likely N-dealkylation sites (N-methyl/N-ethyl adjacent to an activating group) is 1. The summed E-state index contributed by atoms with van der Waals surface area (Å²) < 4.78 is 75.1. The largest absolute Gasteiger partial charge is 0.463 e. The molecule has 11 atom stereocenters. The molecular weight excluding hydrogens is 819 g/mol. The van der Waals surface area contributed by atoms with Crippen molar-refractivity contribution in [3.8, 4) is 0 Å². The van der Waals surface area contributed by atoms with E-state index >= 15 is 0 Å². The maximum absolute atomic E-state index is 13.5. The molecule has 5 rings (SSSR count). The Morgan fingerprint density at radius 3 is 2.12 bits per heavy atom. The van der Waals surface area contributed by atoms with Crippen molar-refractivity contribution in [3.63, 3.8) is 0 Å². The number of carboxylic acid groups (broad SMARTS) is 1. The van der Waals surface area contributed by atoms with E-state index in [1.807, 2.05) is 0 Å². The molecule has 2 heterocycles. The molecule has 0 aromatic heterocycles. The number of nitrogens with two attached hydrogens (primary N) is 1. The molecule has 1 saturated carbocycles. The number of ether oxygens (including phenoxy) is 3. The van der Waals surface area contributed by atoms with Crippen LogP contribution in [0.1, 0.15) is 32.6 Å². The molecule has 2 aromatic rings. The summed E-state index contributed by atoms with van der Waals surface area (Å²) in [6.45, 7) is 0.645. The predicted octanol–water partition coefficient (Wildman–Crippen LogP) is -1.16. The third kappa shape index (κ3) is 10.0. The molecule has 26 heteroatoms. The van der Waals surface area contributed by atoms with Crippen LogP contribution in [-0.4, -0.2) is 145 Å². The van der Waals surface area contributed by atoms with Gasteiger partial charge in [0.25, 0.3) is 11.4 Å². The summed E-state index contributed by atoms with van der Waals surface area (Å²) in [5.41, 5.74) is 3.42. The molecule has 3 aliphatic rings.